The summed E-state index contributed by atoms with van der Waals surface area (Å²) in [5, 5.41) is 9.00. The summed E-state index contributed by atoms with van der Waals surface area (Å²) in [4.78, 5) is 4.20. The lowest BCUT2D eigenvalue weighted by Crippen LogP contribution is -2.05. The molecule has 3 rings (SSSR count). The summed E-state index contributed by atoms with van der Waals surface area (Å²) in [6, 6.07) is 8.83. The van der Waals surface area contributed by atoms with Crippen molar-refractivity contribution in [2.75, 3.05) is 0 Å². The van der Waals surface area contributed by atoms with Crippen molar-refractivity contribution in [3.8, 4) is 0 Å². The molecule has 0 radical (unpaired) electrons. The number of rotatable bonds is 4. The SMILES string of the molecule is [2H]C([2H])([2H])c1ccc2c(n1)oc1c(/C(C)=C/C(=C\C=N)C([2H])([2H])C(C)(C)C)cccc12. The maximum atomic E-state index is 8.59. The number of para-hydroxylation sites is 1. The number of nitrogens with zero attached hydrogens (tertiary/aromatic N) is 1. The zero-order valence-electron chi connectivity index (χ0n) is 20.5. The first-order chi connectivity index (χ1) is 14.3. The maximum Gasteiger partial charge on any atom is 0.227 e. The Morgan fingerprint density at radius 2 is 2.08 bits per heavy atom. The number of nitrogens with one attached hydrogen (secondary N) is 1. The van der Waals surface area contributed by atoms with E-state index in [0.717, 1.165) is 28.1 Å². The van der Waals surface area contributed by atoms with Crippen LogP contribution in [-0.2, 0) is 0 Å². The molecule has 3 heteroatoms. The van der Waals surface area contributed by atoms with Crippen molar-refractivity contribution < 1.29 is 11.3 Å². The Balaban J connectivity index is 2.19. The largest absolute Gasteiger partial charge is 0.437 e. The van der Waals surface area contributed by atoms with Crippen LogP contribution in [0.15, 0.2) is 52.5 Å². The fourth-order valence-corrected chi connectivity index (χ4v) is 2.95. The molecule has 134 valence electrons. The maximum absolute atomic E-state index is 8.59. The van der Waals surface area contributed by atoms with Crippen LogP contribution < -0.4 is 0 Å². The summed E-state index contributed by atoms with van der Waals surface area (Å²) in [7, 11) is 0. The minimum Gasteiger partial charge on any atom is -0.437 e. The van der Waals surface area contributed by atoms with E-state index in [9.17, 15) is 0 Å². The number of furan rings is 1. The van der Waals surface area contributed by atoms with Gasteiger partial charge in [0, 0.05) is 35.1 Å². The van der Waals surface area contributed by atoms with Gasteiger partial charge in [-0.1, -0.05) is 45.0 Å². The van der Waals surface area contributed by atoms with E-state index in [4.69, 9.17) is 16.7 Å². The van der Waals surface area contributed by atoms with Crippen molar-refractivity contribution in [3.05, 3.63) is 59.3 Å². The zero-order chi connectivity index (χ0) is 23.2. The molecule has 3 nitrogen and oxygen atoms in total. The monoisotopic (exact) mass is 351 g/mol. The van der Waals surface area contributed by atoms with Crippen LogP contribution in [-0.4, -0.2) is 11.2 Å². The van der Waals surface area contributed by atoms with E-state index >= 15 is 0 Å². The average molecular weight is 352 g/mol. The van der Waals surface area contributed by atoms with E-state index in [2.05, 4.69) is 4.98 Å². The molecule has 0 aliphatic carbocycles. The van der Waals surface area contributed by atoms with Crippen molar-refractivity contribution >= 4 is 33.9 Å². The molecule has 3 aromatic rings. The Labute approximate surface area is 162 Å². The summed E-state index contributed by atoms with van der Waals surface area (Å²) in [5.41, 5.74) is 2.04. The van der Waals surface area contributed by atoms with Crippen LogP contribution in [0.3, 0.4) is 0 Å². The second-order valence-corrected chi connectivity index (χ2v) is 7.32. The molecular formula is C23H26N2O. The third-order valence-corrected chi connectivity index (χ3v) is 3.94. The highest BCUT2D eigenvalue weighted by atomic mass is 16.3. The van der Waals surface area contributed by atoms with Gasteiger partial charge in [-0.2, -0.15) is 0 Å². The van der Waals surface area contributed by atoms with Crippen LogP contribution in [0.5, 0.6) is 0 Å². The first kappa shape index (κ1) is 12.6. The molecule has 2 aromatic heterocycles. The minimum atomic E-state index is -2.32. The molecular weight excluding hydrogens is 320 g/mol. The topological polar surface area (TPSA) is 49.9 Å². The molecule has 2 heterocycles. The van der Waals surface area contributed by atoms with Gasteiger partial charge >= 0.3 is 0 Å². The van der Waals surface area contributed by atoms with Crippen LogP contribution >= 0.6 is 0 Å². The predicted octanol–water partition coefficient (Wildman–Crippen LogP) is 6.70. The molecule has 0 spiro atoms. The lowest BCUT2D eigenvalue weighted by atomic mass is 9.86. The number of aromatic nitrogens is 1. The molecule has 0 fully saturated rings. The second-order valence-electron chi connectivity index (χ2n) is 7.32. The minimum absolute atomic E-state index is 0.0255. The van der Waals surface area contributed by atoms with Gasteiger partial charge in [0.15, 0.2) is 0 Å². The van der Waals surface area contributed by atoms with Gasteiger partial charge in [0.05, 0.1) is 0 Å². The zero-order valence-corrected chi connectivity index (χ0v) is 15.5. The number of hydrogen-bond acceptors (Lipinski definition) is 3. The number of aryl methyl sites for hydroxylation is 1. The molecule has 1 N–H and O–H groups in total. The normalized spacial score (nSPS) is 17.5. The van der Waals surface area contributed by atoms with E-state index in [1.54, 1.807) is 12.1 Å². The van der Waals surface area contributed by atoms with E-state index < -0.39 is 18.6 Å². The van der Waals surface area contributed by atoms with Gasteiger partial charge < -0.3 is 9.83 Å². The lowest BCUT2D eigenvalue weighted by molar-refractivity contribution is 0.413. The van der Waals surface area contributed by atoms with E-state index in [1.807, 2.05) is 45.9 Å². The standard InChI is InChI=1S/C23H26N2O/c1-15(13-17(11-12-24)14-23(3,4)5)18-7-6-8-19-20-10-9-16(2)25-22(20)26-21(18)19/h6-13,24H,14H2,1-5H3/b15-13+,17-11+,24-12?/i2D3,14D2. The van der Waals surface area contributed by atoms with Gasteiger partial charge in [0.2, 0.25) is 5.71 Å². The van der Waals surface area contributed by atoms with E-state index in [0.29, 0.717) is 11.2 Å². The van der Waals surface area contributed by atoms with Crippen molar-refractivity contribution in [2.45, 2.75) is 40.9 Å². The Morgan fingerprint density at radius 1 is 1.27 bits per heavy atom. The van der Waals surface area contributed by atoms with Gasteiger partial charge in [0.25, 0.3) is 0 Å². The van der Waals surface area contributed by atoms with Crippen LogP contribution in [0.2, 0.25) is 0 Å². The van der Waals surface area contributed by atoms with Crippen LogP contribution in [0.4, 0.5) is 0 Å². The van der Waals surface area contributed by atoms with E-state index in [-0.39, 0.29) is 11.4 Å². The van der Waals surface area contributed by atoms with Gasteiger partial charge in [-0.25, -0.2) is 4.98 Å². The Morgan fingerprint density at radius 3 is 2.77 bits per heavy atom. The molecule has 0 saturated heterocycles. The molecule has 0 saturated carbocycles. The highest BCUT2D eigenvalue weighted by Crippen LogP contribution is 2.34. The van der Waals surface area contributed by atoms with Crippen LogP contribution in [0.25, 0.3) is 27.6 Å². The first-order valence-corrected chi connectivity index (χ1v) is 8.50. The molecule has 0 atom stereocenters. The van der Waals surface area contributed by atoms with Crippen molar-refractivity contribution in [1.29, 1.82) is 5.41 Å². The Bertz CT molecular complexity index is 1210. The Hall–Kier alpha value is -2.68. The van der Waals surface area contributed by atoms with E-state index in [1.165, 1.54) is 12.1 Å². The molecule has 1 aromatic carbocycles. The van der Waals surface area contributed by atoms with Crippen molar-refractivity contribution in [2.24, 2.45) is 5.41 Å². The average Bonchev–Trinajstić information content (AvgIpc) is 3.03. The third-order valence-electron chi connectivity index (χ3n) is 3.94. The summed E-state index contributed by atoms with van der Waals surface area (Å²) in [6.07, 6.45) is 2.63. The quantitative estimate of drug-likeness (QED) is 0.420. The fourth-order valence-electron chi connectivity index (χ4n) is 2.95. The molecule has 0 bridgehead atoms. The molecule has 26 heavy (non-hydrogen) atoms. The third kappa shape index (κ3) is 3.77. The number of benzene rings is 1. The number of pyridine rings is 1. The summed E-state index contributed by atoms with van der Waals surface area (Å²) >= 11 is 0. The molecule has 0 aliphatic heterocycles. The molecule has 0 aliphatic rings. The highest BCUT2D eigenvalue weighted by molar-refractivity contribution is 6.07. The van der Waals surface area contributed by atoms with Crippen LogP contribution in [0.1, 0.15) is 52.2 Å². The summed E-state index contributed by atoms with van der Waals surface area (Å²) in [5.74, 6) is 0. The number of fused-ring (bicyclic) bond motifs is 3. The summed E-state index contributed by atoms with van der Waals surface area (Å²) in [6.45, 7) is 5.00. The number of hydrogen-bond donors (Lipinski definition) is 1. The fraction of sp³-hybridized carbons (Fsp3) is 0.304. The molecule has 0 unspecified atom stereocenters. The van der Waals surface area contributed by atoms with Gasteiger partial charge in [-0.15, -0.1) is 0 Å². The first-order valence-electron chi connectivity index (χ1n) is 11.0. The molecule has 0 amide bonds. The van der Waals surface area contributed by atoms with Gasteiger partial charge in [-0.3, -0.25) is 0 Å². The Kier molecular flexibility index (Phi) is 3.36. The van der Waals surface area contributed by atoms with Crippen molar-refractivity contribution in [3.63, 3.8) is 0 Å². The lowest BCUT2D eigenvalue weighted by Gasteiger charge is -2.19. The second kappa shape index (κ2) is 6.91. The van der Waals surface area contributed by atoms with Crippen molar-refractivity contribution in [1.82, 2.24) is 4.98 Å². The van der Waals surface area contributed by atoms with Gasteiger partial charge in [0.1, 0.15) is 5.58 Å². The number of allylic oxidation sites excluding steroid dienone is 4. The predicted molar refractivity (Wildman–Crippen MR) is 111 cm³/mol. The highest BCUT2D eigenvalue weighted by Gasteiger charge is 2.15. The van der Waals surface area contributed by atoms with Crippen LogP contribution in [0, 0.1) is 17.7 Å². The van der Waals surface area contributed by atoms with Gasteiger partial charge in [-0.05, 0) is 54.9 Å². The summed E-state index contributed by atoms with van der Waals surface area (Å²) < 4.78 is 45.9. The smallest absolute Gasteiger partial charge is 0.227 e.